The molecule has 2 nitrogen and oxygen atoms in total. The maximum absolute atomic E-state index is 10.1. The highest BCUT2D eigenvalue weighted by atomic mass is 16.5. The second-order valence-electron chi connectivity index (χ2n) is 5.06. The molecule has 0 aliphatic carbocycles. The van der Waals surface area contributed by atoms with Crippen molar-refractivity contribution < 1.29 is 9.84 Å². The van der Waals surface area contributed by atoms with Crippen molar-refractivity contribution in [2.75, 3.05) is 6.61 Å². The quantitative estimate of drug-likeness (QED) is 0.910. The zero-order valence-corrected chi connectivity index (χ0v) is 11.4. The first-order valence-electron chi connectivity index (χ1n) is 7.02. The molecule has 2 aromatic carbocycles. The Morgan fingerprint density at radius 1 is 1.15 bits per heavy atom. The van der Waals surface area contributed by atoms with E-state index < -0.39 is 0 Å². The first kappa shape index (κ1) is 12.8. The lowest BCUT2D eigenvalue weighted by Gasteiger charge is -2.18. The molecule has 0 spiro atoms. The molecule has 2 aromatic rings. The van der Waals surface area contributed by atoms with Gasteiger partial charge in [0.25, 0.3) is 0 Å². The summed E-state index contributed by atoms with van der Waals surface area (Å²) < 4.78 is 5.65. The molecule has 0 bridgehead atoms. The standard InChI is InChI=1S/C18H18O2/c19-17-12-16-10-5-11-20-18(16)13-15(17)9-4-8-14-6-2-1-3-7-14/h1-4,6-8,12-13,19H,5,9-11H2/b8-4+. The summed E-state index contributed by atoms with van der Waals surface area (Å²) in [5.74, 6) is 1.30. The van der Waals surface area contributed by atoms with Gasteiger partial charge in [-0.1, -0.05) is 42.5 Å². The van der Waals surface area contributed by atoms with Crippen LogP contribution in [0.4, 0.5) is 0 Å². The topological polar surface area (TPSA) is 29.5 Å². The van der Waals surface area contributed by atoms with Crippen molar-refractivity contribution in [3.63, 3.8) is 0 Å². The second kappa shape index (κ2) is 5.83. The summed E-state index contributed by atoms with van der Waals surface area (Å²) in [6.07, 6.45) is 6.86. The van der Waals surface area contributed by atoms with Gasteiger partial charge in [0, 0.05) is 5.56 Å². The number of ether oxygens (including phenoxy) is 1. The number of aryl methyl sites for hydroxylation is 1. The van der Waals surface area contributed by atoms with E-state index in [0.29, 0.717) is 12.2 Å². The summed E-state index contributed by atoms with van der Waals surface area (Å²) in [6.45, 7) is 0.775. The highest BCUT2D eigenvalue weighted by Crippen LogP contribution is 2.32. The van der Waals surface area contributed by atoms with Crippen LogP contribution in [-0.2, 0) is 12.8 Å². The lowest BCUT2D eigenvalue weighted by Crippen LogP contribution is -2.08. The third-order valence-corrected chi connectivity index (χ3v) is 3.56. The van der Waals surface area contributed by atoms with Gasteiger partial charge in [-0.25, -0.2) is 0 Å². The Labute approximate surface area is 119 Å². The van der Waals surface area contributed by atoms with Crippen LogP contribution in [-0.4, -0.2) is 11.7 Å². The number of phenolic OH excluding ortho intramolecular Hbond substituents is 1. The van der Waals surface area contributed by atoms with Gasteiger partial charge in [-0.15, -0.1) is 0 Å². The van der Waals surface area contributed by atoms with E-state index in [1.165, 1.54) is 5.56 Å². The summed E-state index contributed by atoms with van der Waals surface area (Å²) >= 11 is 0. The minimum Gasteiger partial charge on any atom is -0.508 e. The predicted octanol–water partition coefficient (Wildman–Crippen LogP) is 3.97. The number of hydrogen-bond donors (Lipinski definition) is 1. The molecule has 20 heavy (non-hydrogen) atoms. The van der Waals surface area contributed by atoms with Crippen LogP contribution in [0.1, 0.15) is 23.1 Å². The smallest absolute Gasteiger partial charge is 0.123 e. The van der Waals surface area contributed by atoms with Crippen molar-refractivity contribution in [2.24, 2.45) is 0 Å². The Hall–Kier alpha value is -2.22. The molecule has 3 rings (SSSR count). The van der Waals surface area contributed by atoms with E-state index in [9.17, 15) is 5.11 Å². The molecular weight excluding hydrogens is 248 g/mol. The van der Waals surface area contributed by atoms with Crippen LogP contribution < -0.4 is 4.74 Å². The molecule has 0 saturated heterocycles. The van der Waals surface area contributed by atoms with Gasteiger partial charge in [-0.2, -0.15) is 0 Å². The largest absolute Gasteiger partial charge is 0.508 e. The number of rotatable bonds is 3. The first-order valence-corrected chi connectivity index (χ1v) is 7.02. The zero-order valence-electron chi connectivity index (χ0n) is 11.4. The van der Waals surface area contributed by atoms with Gasteiger partial charge in [0.05, 0.1) is 6.61 Å². The minimum absolute atomic E-state index is 0.368. The predicted molar refractivity (Wildman–Crippen MR) is 81.1 cm³/mol. The van der Waals surface area contributed by atoms with E-state index in [0.717, 1.165) is 36.3 Å². The number of aromatic hydroxyl groups is 1. The lowest BCUT2D eigenvalue weighted by atomic mass is 10.0. The molecule has 0 amide bonds. The number of hydrogen-bond acceptors (Lipinski definition) is 2. The molecule has 0 radical (unpaired) electrons. The van der Waals surface area contributed by atoms with Crippen molar-refractivity contribution in [2.45, 2.75) is 19.3 Å². The number of allylic oxidation sites excluding steroid dienone is 1. The Bertz CT molecular complexity index is 615. The highest BCUT2D eigenvalue weighted by molar-refractivity contribution is 5.52. The molecule has 0 unspecified atom stereocenters. The van der Waals surface area contributed by atoms with Crippen molar-refractivity contribution >= 4 is 6.08 Å². The Morgan fingerprint density at radius 3 is 2.85 bits per heavy atom. The van der Waals surface area contributed by atoms with Crippen LogP contribution in [0.25, 0.3) is 6.08 Å². The summed E-state index contributed by atoms with van der Waals surface area (Å²) in [4.78, 5) is 0. The first-order chi connectivity index (χ1) is 9.83. The van der Waals surface area contributed by atoms with Gasteiger partial charge >= 0.3 is 0 Å². The van der Waals surface area contributed by atoms with Gasteiger partial charge in [0.1, 0.15) is 11.5 Å². The Kier molecular flexibility index (Phi) is 3.73. The van der Waals surface area contributed by atoms with E-state index in [4.69, 9.17) is 4.74 Å². The monoisotopic (exact) mass is 266 g/mol. The molecule has 2 heteroatoms. The van der Waals surface area contributed by atoms with E-state index in [1.807, 2.05) is 30.3 Å². The molecule has 102 valence electrons. The highest BCUT2D eigenvalue weighted by Gasteiger charge is 2.13. The van der Waals surface area contributed by atoms with E-state index >= 15 is 0 Å². The molecule has 0 aromatic heterocycles. The zero-order chi connectivity index (χ0) is 13.8. The van der Waals surface area contributed by atoms with E-state index in [-0.39, 0.29) is 0 Å². The number of fused-ring (bicyclic) bond motifs is 1. The summed E-state index contributed by atoms with van der Waals surface area (Å²) in [5.41, 5.74) is 3.20. The van der Waals surface area contributed by atoms with Crippen LogP contribution in [0.15, 0.2) is 48.5 Å². The van der Waals surface area contributed by atoms with Crippen LogP contribution >= 0.6 is 0 Å². The van der Waals surface area contributed by atoms with E-state index in [1.54, 1.807) is 0 Å². The van der Waals surface area contributed by atoms with Crippen molar-refractivity contribution in [1.29, 1.82) is 0 Å². The minimum atomic E-state index is 0.368. The maximum Gasteiger partial charge on any atom is 0.123 e. The molecule has 0 atom stereocenters. The summed E-state index contributed by atoms with van der Waals surface area (Å²) in [6, 6.07) is 14.0. The molecule has 0 saturated carbocycles. The SMILES string of the molecule is Oc1cc2c(cc1C/C=C/c1ccccc1)OCCC2. The van der Waals surface area contributed by atoms with Gasteiger partial charge in [-0.3, -0.25) is 0 Å². The Morgan fingerprint density at radius 2 is 2.00 bits per heavy atom. The maximum atomic E-state index is 10.1. The van der Waals surface area contributed by atoms with Crippen molar-refractivity contribution in [3.8, 4) is 11.5 Å². The lowest BCUT2D eigenvalue weighted by molar-refractivity contribution is 0.287. The fraction of sp³-hybridized carbons (Fsp3) is 0.222. The number of phenols is 1. The van der Waals surface area contributed by atoms with Crippen molar-refractivity contribution in [3.05, 3.63) is 65.2 Å². The van der Waals surface area contributed by atoms with Gasteiger partial charge < -0.3 is 9.84 Å². The van der Waals surface area contributed by atoms with Gasteiger partial charge in [-0.05, 0) is 42.5 Å². The summed E-state index contributed by atoms with van der Waals surface area (Å²) in [5, 5.41) is 10.1. The molecule has 1 aliphatic heterocycles. The van der Waals surface area contributed by atoms with Crippen LogP contribution in [0.5, 0.6) is 11.5 Å². The van der Waals surface area contributed by atoms with Crippen LogP contribution in [0.3, 0.4) is 0 Å². The summed E-state index contributed by atoms with van der Waals surface area (Å²) in [7, 11) is 0. The van der Waals surface area contributed by atoms with E-state index in [2.05, 4.69) is 24.3 Å². The van der Waals surface area contributed by atoms with Gasteiger partial charge in [0.2, 0.25) is 0 Å². The average Bonchev–Trinajstić information content (AvgIpc) is 2.49. The average molecular weight is 266 g/mol. The molecule has 1 aliphatic rings. The Balaban J connectivity index is 1.76. The fourth-order valence-electron chi connectivity index (χ4n) is 2.48. The third kappa shape index (κ3) is 2.85. The van der Waals surface area contributed by atoms with Crippen LogP contribution in [0, 0.1) is 0 Å². The molecule has 0 fully saturated rings. The normalized spacial score (nSPS) is 14.0. The molecular formula is C18H18O2. The second-order valence-corrected chi connectivity index (χ2v) is 5.06. The van der Waals surface area contributed by atoms with Crippen molar-refractivity contribution in [1.82, 2.24) is 0 Å². The molecule has 1 heterocycles. The van der Waals surface area contributed by atoms with Gasteiger partial charge in [0.15, 0.2) is 0 Å². The molecule has 1 N–H and O–H groups in total. The third-order valence-electron chi connectivity index (χ3n) is 3.56. The fourth-order valence-corrected chi connectivity index (χ4v) is 2.48. The number of benzene rings is 2. The van der Waals surface area contributed by atoms with Crippen LogP contribution in [0.2, 0.25) is 0 Å².